The summed E-state index contributed by atoms with van der Waals surface area (Å²) in [6.07, 6.45) is 0. The third-order valence-corrected chi connectivity index (χ3v) is 7.79. The molecule has 0 unspecified atom stereocenters. The standard InChI is InChI=1S/C12H22Si/c1-6-13(7-2,8-3)11-9-10-12(4)5/h11H,6-8H2,1-5H3. The molecule has 0 saturated carbocycles. The van der Waals surface area contributed by atoms with Gasteiger partial charge >= 0.3 is 0 Å². The van der Waals surface area contributed by atoms with Crippen LogP contribution in [-0.2, 0) is 0 Å². The first kappa shape index (κ1) is 12.5. The first-order chi connectivity index (χ1) is 6.10. The van der Waals surface area contributed by atoms with Crippen molar-refractivity contribution in [1.82, 2.24) is 0 Å². The molecule has 0 N–H and O–H groups in total. The van der Waals surface area contributed by atoms with E-state index in [1.54, 1.807) is 0 Å². The summed E-state index contributed by atoms with van der Waals surface area (Å²) in [5.41, 5.74) is 9.92. The summed E-state index contributed by atoms with van der Waals surface area (Å²) in [4.78, 5) is 0. The molecule has 0 aliphatic rings. The Morgan fingerprint density at radius 3 is 1.85 bits per heavy atom. The Labute approximate surface area is 84.1 Å². The average molecular weight is 194 g/mol. The van der Waals surface area contributed by atoms with Gasteiger partial charge in [0.2, 0.25) is 0 Å². The second kappa shape index (κ2) is 6.04. The summed E-state index contributed by atoms with van der Waals surface area (Å²) in [6, 6.07) is 3.99. The normalized spacial score (nSPS) is 10.2. The highest BCUT2D eigenvalue weighted by Crippen LogP contribution is 2.20. The Morgan fingerprint density at radius 1 is 1.08 bits per heavy atom. The molecule has 0 nitrogen and oxygen atoms in total. The van der Waals surface area contributed by atoms with Crippen molar-refractivity contribution in [2.24, 2.45) is 0 Å². The maximum Gasteiger partial charge on any atom is 0.0873 e. The number of hydrogen-bond acceptors (Lipinski definition) is 0. The minimum absolute atomic E-state index is 1.10. The lowest BCUT2D eigenvalue weighted by atomic mass is 10.4. The summed E-state index contributed by atoms with van der Waals surface area (Å²) < 4.78 is 0. The van der Waals surface area contributed by atoms with Gasteiger partial charge in [0.15, 0.2) is 0 Å². The molecule has 0 aromatic rings. The van der Waals surface area contributed by atoms with Crippen LogP contribution in [0.4, 0.5) is 0 Å². The largest absolute Gasteiger partial charge is 0.0873 e. The number of allylic oxidation sites excluding steroid dienone is 1. The first-order valence-electron chi connectivity index (χ1n) is 5.26. The molecule has 0 aliphatic carbocycles. The molecular weight excluding hydrogens is 172 g/mol. The van der Waals surface area contributed by atoms with Gasteiger partial charge in [0, 0.05) is 0 Å². The summed E-state index contributed by atoms with van der Waals surface area (Å²) in [5.74, 6) is 0. The fourth-order valence-electron chi connectivity index (χ4n) is 1.39. The highest BCUT2D eigenvalue weighted by Gasteiger charge is 2.22. The molecule has 0 heterocycles. The Kier molecular flexibility index (Phi) is 5.82. The van der Waals surface area contributed by atoms with E-state index in [0.29, 0.717) is 0 Å². The van der Waals surface area contributed by atoms with Crippen LogP contribution < -0.4 is 0 Å². The van der Waals surface area contributed by atoms with Crippen molar-refractivity contribution in [3.05, 3.63) is 22.7 Å². The van der Waals surface area contributed by atoms with Gasteiger partial charge < -0.3 is 0 Å². The van der Waals surface area contributed by atoms with Crippen LogP contribution in [0.5, 0.6) is 0 Å². The Hall–Kier alpha value is -0.483. The molecule has 0 fully saturated rings. The van der Waals surface area contributed by atoms with Crippen LogP contribution >= 0.6 is 0 Å². The van der Waals surface area contributed by atoms with E-state index in [-0.39, 0.29) is 0 Å². The third-order valence-electron chi connectivity index (χ3n) is 2.81. The van der Waals surface area contributed by atoms with Gasteiger partial charge in [-0.25, -0.2) is 0 Å². The molecule has 0 spiro atoms. The molecule has 0 aliphatic heterocycles. The molecule has 0 radical (unpaired) electrons. The van der Waals surface area contributed by atoms with Crippen molar-refractivity contribution in [2.45, 2.75) is 52.8 Å². The van der Waals surface area contributed by atoms with E-state index in [2.05, 4.69) is 51.8 Å². The molecule has 0 rings (SSSR count). The zero-order valence-electron chi connectivity index (χ0n) is 9.70. The fourth-order valence-corrected chi connectivity index (χ4v) is 3.88. The van der Waals surface area contributed by atoms with E-state index in [1.807, 2.05) is 0 Å². The van der Waals surface area contributed by atoms with Crippen molar-refractivity contribution in [2.75, 3.05) is 0 Å². The summed E-state index contributed by atoms with van der Waals surface area (Å²) in [7, 11) is -1.10. The van der Waals surface area contributed by atoms with E-state index in [0.717, 1.165) is 0 Å². The number of hydrogen-bond donors (Lipinski definition) is 0. The van der Waals surface area contributed by atoms with Crippen LogP contribution in [0.2, 0.25) is 18.1 Å². The topological polar surface area (TPSA) is 0 Å². The quantitative estimate of drug-likeness (QED) is 0.462. The second-order valence-corrected chi connectivity index (χ2v) is 8.97. The van der Waals surface area contributed by atoms with Gasteiger partial charge in [0.25, 0.3) is 0 Å². The summed E-state index contributed by atoms with van der Waals surface area (Å²) in [6.45, 7) is 11.0. The molecule has 0 saturated heterocycles. The second-order valence-electron chi connectivity index (χ2n) is 3.84. The molecule has 1 heteroatoms. The van der Waals surface area contributed by atoms with E-state index in [1.165, 1.54) is 23.7 Å². The van der Waals surface area contributed by atoms with Crippen LogP contribution in [0.15, 0.2) is 22.7 Å². The molecular formula is C12H22Si. The molecule has 0 bridgehead atoms. The van der Waals surface area contributed by atoms with Gasteiger partial charge in [-0.15, -0.1) is 0 Å². The summed E-state index contributed by atoms with van der Waals surface area (Å²) >= 11 is 0. The van der Waals surface area contributed by atoms with Crippen LogP contribution in [0.25, 0.3) is 0 Å². The molecule has 0 aromatic heterocycles. The van der Waals surface area contributed by atoms with E-state index >= 15 is 0 Å². The van der Waals surface area contributed by atoms with Crippen molar-refractivity contribution < 1.29 is 0 Å². The van der Waals surface area contributed by atoms with Crippen LogP contribution in [0.1, 0.15) is 34.6 Å². The maximum absolute atomic E-state index is 3.23. The van der Waals surface area contributed by atoms with Crippen molar-refractivity contribution in [1.29, 1.82) is 0 Å². The van der Waals surface area contributed by atoms with Crippen molar-refractivity contribution in [3.63, 3.8) is 0 Å². The highest BCUT2D eigenvalue weighted by atomic mass is 28.3. The summed E-state index contributed by atoms with van der Waals surface area (Å²) in [5, 5.41) is 0. The molecule has 13 heavy (non-hydrogen) atoms. The van der Waals surface area contributed by atoms with Crippen LogP contribution in [-0.4, -0.2) is 8.07 Å². The van der Waals surface area contributed by atoms with Gasteiger partial charge in [-0.1, -0.05) is 50.4 Å². The average Bonchev–Trinajstić information content (AvgIpc) is 2.13. The molecule has 0 amide bonds. The fraction of sp³-hybridized carbons (Fsp3) is 0.667. The maximum atomic E-state index is 3.23. The van der Waals surface area contributed by atoms with E-state index in [4.69, 9.17) is 0 Å². The minimum Gasteiger partial charge on any atom is -0.0791 e. The van der Waals surface area contributed by atoms with Gasteiger partial charge in [-0.3, -0.25) is 0 Å². The first-order valence-corrected chi connectivity index (χ1v) is 7.96. The monoisotopic (exact) mass is 194 g/mol. The smallest absolute Gasteiger partial charge is 0.0791 e. The SMILES string of the molecule is CC[Si](C=C=C=C(C)C)(CC)CC. The van der Waals surface area contributed by atoms with Gasteiger partial charge in [-0.05, 0) is 25.1 Å². The Bertz CT molecular complexity index is 222. The lowest BCUT2D eigenvalue weighted by Crippen LogP contribution is -2.28. The lowest BCUT2D eigenvalue weighted by molar-refractivity contribution is 1.19. The lowest BCUT2D eigenvalue weighted by Gasteiger charge is -2.21. The predicted molar refractivity (Wildman–Crippen MR) is 63.7 cm³/mol. The number of rotatable bonds is 4. The third kappa shape index (κ3) is 4.33. The Balaban J connectivity index is 4.80. The van der Waals surface area contributed by atoms with Crippen molar-refractivity contribution in [3.8, 4) is 0 Å². The predicted octanol–water partition coefficient (Wildman–Crippen LogP) is 4.31. The van der Waals surface area contributed by atoms with Crippen LogP contribution in [0.3, 0.4) is 0 Å². The van der Waals surface area contributed by atoms with Crippen LogP contribution in [0, 0.1) is 0 Å². The van der Waals surface area contributed by atoms with Gasteiger partial charge in [0.1, 0.15) is 0 Å². The van der Waals surface area contributed by atoms with E-state index in [9.17, 15) is 0 Å². The zero-order chi connectivity index (χ0) is 10.3. The molecule has 0 aromatic carbocycles. The highest BCUT2D eigenvalue weighted by molar-refractivity contribution is 6.84. The van der Waals surface area contributed by atoms with Crippen molar-refractivity contribution >= 4 is 8.07 Å². The van der Waals surface area contributed by atoms with Gasteiger partial charge in [0.05, 0.1) is 8.07 Å². The molecule has 0 atom stereocenters. The molecule has 74 valence electrons. The van der Waals surface area contributed by atoms with E-state index < -0.39 is 8.07 Å². The van der Waals surface area contributed by atoms with Gasteiger partial charge in [-0.2, -0.15) is 0 Å². The Morgan fingerprint density at radius 2 is 1.54 bits per heavy atom. The zero-order valence-corrected chi connectivity index (χ0v) is 10.7. The minimum atomic E-state index is -1.10.